The first-order valence-electron chi connectivity index (χ1n) is 14.5. The molecule has 5 aliphatic carbocycles. The topological polar surface area (TPSA) is 55.6 Å². The molecule has 5 nitrogen and oxygen atoms in total. The van der Waals surface area contributed by atoms with Crippen molar-refractivity contribution in [3.8, 4) is 11.5 Å². The number of carbonyl (C=O) groups excluding carboxylic acids is 1. The third-order valence-corrected chi connectivity index (χ3v) is 10.2. The van der Waals surface area contributed by atoms with E-state index in [1.165, 1.54) is 68.4 Å². The number of hydrogen-bond acceptors (Lipinski definition) is 4. The predicted octanol–water partition coefficient (Wildman–Crippen LogP) is 6.85. The summed E-state index contributed by atoms with van der Waals surface area (Å²) in [5.41, 5.74) is 2.30. The van der Waals surface area contributed by atoms with Crippen LogP contribution in [0.2, 0.25) is 0 Å². The van der Waals surface area contributed by atoms with E-state index in [-0.39, 0.29) is 17.3 Å². The maximum atomic E-state index is 13.1. The number of amides is 1. The fourth-order valence-corrected chi connectivity index (χ4v) is 8.82. The normalized spacial score (nSPS) is 27.6. The molecule has 0 spiro atoms. The minimum atomic E-state index is -0.290. The Balaban J connectivity index is 1.03. The van der Waals surface area contributed by atoms with Gasteiger partial charge in [-0.1, -0.05) is 12.1 Å². The quantitative estimate of drug-likeness (QED) is 0.336. The van der Waals surface area contributed by atoms with Crippen LogP contribution in [0, 0.1) is 30.5 Å². The Morgan fingerprint density at radius 1 is 1.00 bits per heavy atom. The molecule has 4 bridgehead atoms. The molecular formula is C32H36FN3O2S. The largest absolute Gasteiger partial charge is 0.457 e. The maximum Gasteiger partial charge on any atom is 0.226 e. The lowest BCUT2D eigenvalue weighted by atomic mass is 9.53. The summed E-state index contributed by atoms with van der Waals surface area (Å²) < 4.78 is 21.3. The van der Waals surface area contributed by atoms with Gasteiger partial charge in [-0.05, 0) is 118 Å². The van der Waals surface area contributed by atoms with Crippen molar-refractivity contribution in [3.63, 3.8) is 0 Å². The lowest BCUT2D eigenvalue weighted by Crippen LogP contribution is -2.50. The molecule has 1 amide bonds. The van der Waals surface area contributed by atoms with Gasteiger partial charge in [0, 0.05) is 23.2 Å². The van der Waals surface area contributed by atoms with E-state index in [0.717, 1.165) is 33.8 Å². The predicted molar refractivity (Wildman–Crippen MR) is 150 cm³/mol. The second-order valence-electron chi connectivity index (χ2n) is 12.4. The Morgan fingerprint density at radius 3 is 2.18 bits per heavy atom. The van der Waals surface area contributed by atoms with Crippen LogP contribution >= 0.6 is 11.3 Å². The molecule has 39 heavy (non-hydrogen) atoms. The molecule has 204 valence electrons. The monoisotopic (exact) mass is 545 g/mol. The van der Waals surface area contributed by atoms with E-state index in [1.54, 1.807) is 23.5 Å². The average Bonchev–Trinajstić information content (AvgIpc) is 3.69. The van der Waals surface area contributed by atoms with Crippen LogP contribution in [0.4, 0.5) is 4.39 Å². The Bertz CT molecular complexity index is 1400. The fourth-order valence-electron chi connectivity index (χ4n) is 7.66. The van der Waals surface area contributed by atoms with Crippen LogP contribution in [0.5, 0.6) is 11.5 Å². The lowest BCUT2D eigenvalue weighted by Gasteiger charge is -2.54. The van der Waals surface area contributed by atoms with Crippen LogP contribution in [0.1, 0.15) is 73.5 Å². The molecule has 0 atom stereocenters. The molecule has 5 saturated carbocycles. The van der Waals surface area contributed by atoms with E-state index in [0.29, 0.717) is 30.5 Å². The molecule has 1 heterocycles. The highest BCUT2D eigenvalue weighted by molar-refractivity contribution is 7.09. The van der Waals surface area contributed by atoms with Crippen molar-refractivity contribution >= 4 is 17.2 Å². The number of aryl methyl sites for hydroxylation is 1. The van der Waals surface area contributed by atoms with Gasteiger partial charge in [0.15, 0.2) is 4.80 Å². The zero-order valence-electron chi connectivity index (χ0n) is 22.5. The summed E-state index contributed by atoms with van der Waals surface area (Å²) in [6.45, 7) is 2.62. The van der Waals surface area contributed by atoms with Crippen molar-refractivity contribution in [2.45, 2.75) is 82.8 Å². The first kappa shape index (κ1) is 25.1. The van der Waals surface area contributed by atoms with Crippen molar-refractivity contribution in [1.82, 2.24) is 9.88 Å². The summed E-state index contributed by atoms with van der Waals surface area (Å²) in [5.74, 6) is 3.64. The number of aromatic nitrogens is 1. The summed E-state index contributed by atoms with van der Waals surface area (Å²) in [6, 6.07) is 14.1. The molecule has 5 aliphatic rings. The molecule has 5 fully saturated rings. The third-order valence-electron chi connectivity index (χ3n) is 9.19. The van der Waals surface area contributed by atoms with Crippen LogP contribution in [0.25, 0.3) is 0 Å². The average molecular weight is 546 g/mol. The Hall–Kier alpha value is -2.93. The zero-order valence-corrected chi connectivity index (χ0v) is 23.3. The van der Waals surface area contributed by atoms with Crippen molar-refractivity contribution < 1.29 is 13.9 Å². The number of benzene rings is 2. The summed E-state index contributed by atoms with van der Waals surface area (Å²) in [6.07, 6.45) is 10.8. The molecule has 7 heteroatoms. The first-order chi connectivity index (χ1) is 18.9. The van der Waals surface area contributed by atoms with Crippen LogP contribution in [0.3, 0.4) is 0 Å². The van der Waals surface area contributed by atoms with Gasteiger partial charge in [0.25, 0.3) is 0 Å². The number of thiazole rings is 1. The molecular weight excluding hydrogens is 509 g/mol. The Morgan fingerprint density at radius 2 is 1.59 bits per heavy atom. The number of rotatable bonds is 8. The summed E-state index contributed by atoms with van der Waals surface area (Å²) >= 11 is 1.80. The van der Waals surface area contributed by atoms with Gasteiger partial charge in [-0.15, -0.1) is 11.3 Å². The molecule has 1 aromatic heterocycles. The number of halogens is 1. The van der Waals surface area contributed by atoms with E-state index in [9.17, 15) is 9.18 Å². The number of nitrogens with one attached hydrogen (secondary N) is 1. The van der Waals surface area contributed by atoms with E-state index in [1.807, 2.05) is 24.3 Å². The highest BCUT2D eigenvalue weighted by Gasteiger charge is 2.51. The van der Waals surface area contributed by atoms with Gasteiger partial charge < -0.3 is 14.6 Å². The van der Waals surface area contributed by atoms with Crippen molar-refractivity contribution in [2.75, 3.05) is 0 Å². The van der Waals surface area contributed by atoms with E-state index >= 15 is 0 Å². The second kappa shape index (κ2) is 9.92. The van der Waals surface area contributed by atoms with E-state index < -0.39 is 0 Å². The molecule has 0 unspecified atom stereocenters. The zero-order chi connectivity index (χ0) is 26.6. The summed E-state index contributed by atoms with van der Waals surface area (Å²) in [4.78, 5) is 21.0. The Labute approximate surface area is 233 Å². The first-order valence-corrected chi connectivity index (χ1v) is 15.3. The highest BCUT2D eigenvalue weighted by atomic mass is 32.1. The van der Waals surface area contributed by atoms with E-state index in [4.69, 9.17) is 9.73 Å². The van der Waals surface area contributed by atoms with Gasteiger partial charge in [0.2, 0.25) is 5.91 Å². The third kappa shape index (κ3) is 5.30. The van der Waals surface area contributed by atoms with Gasteiger partial charge in [-0.25, -0.2) is 4.39 Å². The smallest absolute Gasteiger partial charge is 0.226 e. The van der Waals surface area contributed by atoms with Crippen LogP contribution in [-0.2, 0) is 17.8 Å². The van der Waals surface area contributed by atoms with Gasteiger partial charge in [0.1, 0.15) is 17.3 Å². The second-order valence-corrected chi connectivity index (χ2v) is 13.6. The molecule has 1 N–H and O–H groups in total. The number of nitrogens with zero attached hydrogens (tertiary/aromatic N) is 2. The molecule has 0 radical (unpaired) electrons. The summed E-state index contributed by atoms with van der Waals surface area (Å²) in [7, 11) is 0. The SMILES string of the molecule is Cc1sc(=NC23CC4CC(CC(C4)C2)C3)n(C2CC2)c1CC(=O)NCc1ccc(Oc2ccc(F)cc2)cc1. The summed E-state index contributed by atoms with van der Waals surface area (Å²) in [5, 5.41) is 3.11. The molecule has 2 aromatic carbocycles. The molecule has 0 saturated heterocycles. The molecule has 0 aliphatic heterocycles. The maximum absolute atomic E-state index is 13.1. The van der Waals surface area contributed by atoms with E-state index in [2.05, 4.69) is 16.8 Å². The van der Waals surface area contributed by atoms with Crippen LogP contribution < -0.4 is 14.9 Å². The van der Waals surface area contributed by atoms with Crippen LogP contribution in [0.15, 0.2) is 53.5 Å². The van der Waals surface area contributed by atoms with Crippen molar-refractivity contribution in [1.29, 1.82) is 0 Å². The van der Waals surface area contributed by atoms with Gasteiger partial charge >= 0.3 is 0 Å². The minimum absolute atomic E-state index is 0.0401. The standard InChI is InChI=1S/C32H36FN3O2S/c1-20-29(15-30(37)34-19-21-2-8-27(9-3-21)38-28-10-4-25(33)5-11-28)36(26-6-7-26)31(39-20)35-32-16-22-12-23(17-32)14-24(13-22)18-32/h2-5,8-11,22-24,26H,6-7,12-19H2,1H3,(H,34,37). The number of ether oxygens (including phenoxy) is 1. The lowest BCUT2D eigenvalue weighted by molar-refractivity contribution is -0.120. The molecule has 8 rings (SSSR count). The van der Waals surface area contributed by atoms with Gasteiger partial charge in [0.05, 0.1) is 12.0 Å². The van der Waals surface area contributed by atoms with Crippen molar-refractivity contribution in [3.05, 3.63) is 75.3 Å². The van der Waals surface area contributed by atoms with Gasteiger partial charge in [-0.3, -0.25) is 9.79 Å². The number of hydrogen-bond donors (Lipinski definition) is 1. The number of carbonyl (C=O) groups is 1. The van der Waals surface area contributed by atoms with Gasteiger partial charge in [-0.2, -0.15) is 0 Å². The van der Waals surface area contributed by atoms with Crippen LogP contribution in [-0.4, -0.2) is 16.0 Å². The Kier molecular flexibility index (Phi) is 6.37. The minimum Gasteiger partial charge on any atom is -0.457 e. The fraction of sp³-hybridized carbons (Fsp3) is 0.500. The highest BCUT2D eigenvalue weighted by Crippen LogP contribution is 2.57. The molecule has 3 aromatic rings. The van der Waals surface area contributed by atoms with Crippen molar-refractivity contribution in [2.24, 2.45) is 22.7 Å².